The van der Waals surface area contributed by atoms with Crippen molar-refractivity contribution < 1.29 is 0 Å². The predicted octanol–water partition coefficient (Wildman–Crippen LogP) is 2.75. The summed E-state index contributed by atoms with van der Waals surface area (Å²) < 4.78 is 0. The number of hydrogen-bond acceptors (Lipinski definition) is 1. The van der Waals surface area contributed by atoms with Crippen molar-refractivity contribution in [3.05, 3.63) is 0 Å². The van der Waals surface area contributed by atoms with E-state index in [1.165, 1.54) is 0 Å². The lowest BCUT2D eigenvalue weighted by Crippen LogP contribution is -2.36. The van der Waals surface area contributed by atoms with E-state index in [-0.39, 0.29) is 0 Å². The van der Waals surface area contributed by atoms with Crippen molar-refractivity contribution in [1.29, 1.82) is 0 Å². The van der Waals surface area contributed by atoms with Gasteiger partial charge in [-0.2, -0.15) is 0 Å². The first kappa shape index (κ1) is 11.4. The summed E-state index contributed by atoms with van der Waals surface area (Å²) in [5, 5.41) is 1.07. The summed E-state index contributed by atoms with van der Waals surface area (Å²) in [6.07, 6.45) is 0. The Hall–Kier alpha value is 0.440. The highest BCUT2D eigenvalue weighted by Gasteiger charge is 2.19. The van der Waals surface area contributed by atoms with Gasteiger partial charge in [-0.1, -0.05) is 29.8 Å². The second-order valence-electron chi connectivity index (χ2n) is 4.31. The zero-order valence-electron chi connectivity index (χ0n) is 8.32. The molecule has 0 rings (SSSR count). The van der Waals surface area contributed by atoms with Crippen molar-refractivity contribution in [2.45, 2.75) is 33.7 Å². The fraction of sp³-hybridized carbons (Fsp3) is 1.00. The van der Waals surface area contributed by atoms with Crippen LogP contribution in [0.3, 0.4) is 0 Å². The molecule has 11 heavy (non-hydrogen) atoms. The Labute approximate surface area is 79.3 Å². The molecule has 0 fully saturated rings. The van der Waals surface area contributed by atoms with Crippen LogP contribution in [0.2, 0.25) is 0 Å². The first-order valence-electron chi connectivity index (χ1n) is 4.15. The Bertz CT molecular complexity index is 110. The van der Waals surface area contributed by atoms with Gasteiger partial charge in [0.15, 0.2) is 0 Å². The van der Waals surface area contributed by atoms with Crippen molar-refractivity contribution in [1.82, 2.24) is 4.90 Å². The highest BCUT2D eigenvalue weighted by Crippen LogP contribution is 2.19. The van der Waals surface area contributed by atoms with Gasteiger partial charge in [0.2, 0.25) is 0 Å². The molecule has 0 aromatic rings. The van der Waals surface area contributed by atoms with Crippen LogP contribution >= 0.6 is 15.9 Å². The predicted molar refractivity (Wildman–Crippen MR) is 55.3 cm³/mol. The van der Waals surface area contributed by atoms with Gasteiger partial charge in [-0.3, -0.25) is 0 Å². The van der Waals surface area contributed by atoms with Crippen molar-refractivity contribution in [3.63, 3.8) is 0 Å². The first-order valence-corrected chi connectivity index (χ1v) is 5.27. The van der Waals surface area contributed by atoms with Crippen LogP contribution in [-0.2, 0) is 0 Å². The van der Waals surface area contributed by atoms with E-state index in [2.05, 4.69) is 55.6 Å². The van der Waals surface area contributed by atoms with Crippen LogP contribution in [0, 0.1) is 5.41 Å². The summed E-state index contributed by atoms with van der Waals surface area (Å²) >= 11 is 3.52. The normalized spacial score (nSPS) is 13.1. The topological polar surface area (TPSA) is 3.24 Å². The molecule has 0 unspecified atom stereocenters. The van der Waals surface area contributed by atoms with Crippen LogP contribution in [0.25, 0.3) is 0 Å². The smallest absolute Gasteiger partial charge is 0.00949 e. The molecule has 0 aliphatic rings. The van der Waals surface area contributed by atoms with Gasteiger partial charge in [0.05, 0.1) is 0 Å². The molecule has 0 aromatic carbocycles. The lowest BCUT2D eigenvalue weighted by atomic mass is 9.96. The fourth-order valence-corrected chi connectivity index (χ4v) is 1.08. The summed E-state index contributed by atoms with van der Waals surface area (Å²) in [6.45, 7) is 10.2. The lowest BCUT2D eigenvalue weighted by molar-refractivity contribution is 0.195. The Kier molecular flexibility index (Phi) is 4.64. The average Bonchev–Trinajstić information content (AvgIpc) is 1.87. The Morgan fingerprint density at radius 1 is 1.36 bits per heavy atom. The highest BCUT2D eigenvalue weighted by molar-refractivity contribution is 9.09. The van der Waals surface area contributed by atoms with E-state index >= 15 is 0 Å². The third kappa shape index (κ3) is 4.81. The Morgan fingerprint density at radius 3 is 2.09 bits per heavy atom. The van der Waals surface area contributed by atoms with E-state index in [1.807, 2.05) is 0 Å². The third-order valence-electron chi connectivity index (χ3n) is 1.92. The van der Waals surface area contributed by atoms with Crippen LogP contribution in [0.15, 0.2) is 0 Å². The summed E-state index contributed by atoms with van der Waals surface area (Å²) in [7, 11) is 2.18. The molecule has 0 amide bonds. The maximum absolute atomic E-state index is 3.52. The molecule has 0 saturated heterocycles. The maximum atomic E-state index is 3.52. The van der Waals surface area contributed by atoms with Crippen molar-refractivity contribution in [2.24, 2.45) is 5.41 Å². The molecule has 0 radical (unpaired) electrons. The zero-order valence-corrected chi connectivity index (χ0v) is 9.90. The molecule has 0 aromatic heterocycles. The van der Waals surface area contributed by atoms with Crippen LogP contribution < -0.4 is 0 Å². The van der Waals surface area contributed by atoms with E-state index in [1.54, 1.807) is 0 Å². The number of rotatable bonds is 4. The zero-order chi connectivity index (χ0) is 9.07. The monoisotopic (exact) mass is 221 g/mol. The van der Waals surface area contributed by atoms with E-state index in [0.717, 1.165) is 11.9 Å². The van der Waals surface area contributed by atoms with Gasteiger partial charge in [0.1, 0.15) is 0 Å². The first-order chi connectivity index (χ1) is 4.89. The van der Waals surface area contributed by atoms with Crippen LogP contribution in [0.1, 0.15) is 27.7 Å². The molecule has 0 bridgehead atoms. The van der Waals surface area contributed by atoms with Gasteiger partial charge < -0.3 is 4.90 Å². The minimum Gasteiger partial charge on any atom is -0.303 e. The molecule has 0 atom stereocenters. The van der Waals surface area contributed by atoms with Crippen molar-refractivity contribution >= 4 is 15.9 Å². The maximum Gasteiger partial charge on any atom is 0.00949 e. The molecular formula is C9H20BrN. The van der Waals surface area contributed by atoms with Crippen LogP contribution in [-0.4, -0.2) is 29.9 Å². The van der Waals surface area contributed by atoms with Crippen molar-refractivity contribution in [2.75, 3.05) is 18.9 Å². The number of halogens is 1. The molecule has 1 nitrogen and oxygen atoms in total. The molecule has 0 saturated carbocycles. The molecule has 0 heterocycles. The summed E-state index contributed by atoms with van der Waals surface area (Å²) in [5.74, 6) is 0. The minimum atomic E-state index is 0.388. The second kappa shape index (κ2) is 4.46. The van der Waals surface area contributed by atoms with Gasteiger partial charge in [-0.05, 0) is 26.3 Å². The second-order valence-corrected chi connectivity index (χ2v) is 4.87. The quantitative estimate of drug-likeness (QED) is 0.661. The van der Waals surface area contributed by atoms with Crippen molar-refractivity contribution in [3.8, 4) is 0 Å². The average molecular weight is 222 g/mol. The SMILES string of the molecule is CC(C)N(C)CC(C)(C)CBr. The summed E-state index contributed by atoms with van der Waals surface area (Å²) in [4.78, 5) is 2.38. The highest BCUT2D eigenvalue weighted by atomic mass is 79.9. The van der Waals surface area contributed by atoms with E-state index in [0.29, 0.717) is 11.5 Å². The van der Waals surface area contributed by atoms with E-state index < -0.39 is 0 Å². The minimum absolute atomic E-state index is 0.388. The molecule has 0 aliphatic carbocycles. The summed E-state index contributed by atoms with van der Waals surface area (Å²) in [6, 6.07) is 0.647. The van der Waals surface area contributed by atoms with Gasteiger partial charge in [0, 0.05) is 17.9 Å². The third-order valence-corrected chi connectivity index (χ3v) is 3.44. The number of alkyl halides is 1. The van der Waals surface area contributed by atoms with Crippen LogP contribution in [0.5, 0.6) is 0 Å². The van der Waals surface area contributed by atoms with Gasteiger partial charge in [-0.15, -0.1) is 0 Å². The molecule has 0 aliphatic heterocycles. The van der Waals surface area contributed by atoms with E-state index in [9.17, 15) is 0 Å². The molecule has 2 heteroatoms. The standard InChI is InChI=1S/C9H20BrN/c1-8(2)11(5)7-9(3,4)6-10/h8H,6-7H2,1-5H3. The largest absolute Gasteiger partial charge is 0.303 e. The lowest BCUT2D eigenvalue weighted by Gasteiger charge is -2.30. The molecule has 0 spiro atoms. The van der Waals surface area contributed by atoms with E-state index in [4.69, 9.17) is 0 Å². The van der Waals surface area contributed by atoms with Gasteiger partial charge >= 0.3 is 0 Å². The Morgan fingerprint density at radius 2 is 1.82 bits per heavy atom. The van der Waals surface area contributed by atoms with Gasteiger partial charge in [0.25, 0.3) is 0 Å². The molecule has 0 N–H and O–H groups in total. The molecular weight excluding hydrogens is 202 g/mol. The molecule has 68 valence electrons. The number of hydrogen-bond donors (Lipinski definition) is 0. The Balaban J connectivity index is 3.83. The van der Waals surface area contributed by atoms with Gasteiger partial charge in [-0.25, -0.2) is 0 Å². The number of nitrogens with zero attached hydrogens (tertiary/aromatic N) is 1. The van der Waals surface area contributed by atoms with Crippen LogP contribution in [0.4, 0.5) is 0 Å². The summed E-state index contributed by atoms with van der Waals surface area (Å²) in [5.41, 5.74) is 0.388. The fourth-order valence-electron chi connectivity index (χ4n) is 0.900.